The van der Waals surface area contributed by atoms with E-state index >= 15 is 0 Å². The molecule has 0 aliphatic heterocycles. The Labute approximate surface area is 128 Å². The molecular formula is C15H21BrN2O2. The average molecular weight is 341 g/mol. The molecule has 1 saturated carbocycles. The summed E-state index contributed by atoms with van der Waals surface area (Å²) in [7, 11) is 0. The first kappa shape index (κ1) is 15.4. The van der Waals surface area contributed by atoms with Crippen LogP contribution >= 0.6 is 15.9 Å². The molecule has 4 nitrogen and oxygen atoms in total. The molecule has 1 aromatic rings. The smallest absolute Gasteiger partial charge is 0.275 e. The highest BCUT2D eigenvalue weighted by Gasteiger charge is 2.27. The molecule has 0 saturated heterocycles. The van der Waals surface area contributed by atoms with Crippen molar-refractivity contribution >= 4 is 21.6 Å². The molecular weight excluding hydrogens is 320 g/mol. The van der Waals surface area contributed by atoms with E-state index in [1.165, 1.54) is 12.8 Å². The van der Waals surface area contributed by atoms with Crippen LogP contribution in [0.5, 0.6) is 0 Å². The highest BCUT2D eigenvalue weighted by atomic mass is 79.9. The van der Waals surface area contributed by atoms with Gasteiger partial charge in [-0.3, -0.25) is 10.1 Å². The predicted octanol–water partition coefficient (Wildman–Crippen LogP) is 4.27. The van der Waals surface area contributed by atoms with Crippen LogP contribution in [0, 0.1) is 22.0 Å². The van der Waals surface area contributed by atoms with Crippen LogP contribution in [-0.2, 0) is 6.54 Å². The van der Waals surface area contributed by atoms with Gasteiger partial charge in [-0.05, 0) is 30.4 Å². The average Bonchev–Trinajstić information content (AvgIpc) is 2.41. The Morgan fingerprint density at radius 1 is 1.40 bits per heavy atom. The van der Waals surface area contributed by atoms with Crippen molar-refractivity contribution in [1.82, 2.24) is 5.32 Å². The van der Waals surface area contributed by atoms with E-state index in [0.717, 1.165) is 22.4 Å². The maximum Gasteiger partial charge on any atom is 0.275 e. The molecule has 0 amide bonds. The molecule has 0 heterocycles. The first-order valence-electron chi connectivity index (χ1n) is 7.15. The van der Waals surface area contributed by atoms with Gasteiger partial charge in [-0.15, -0.1) is 0 Å². The number of halogens is 1. The lowest BCUT2D eigenvalue weighted by Gasteiger charge is -2.34. The second-order valence-electron chi connectivity index (χ2n) is 5.78. The second-order valence-corrected chi connectivity index (χ2v) is 6.70. The number of nitro groups is 1. The van der Waals surface area contributed by atoms with E-state index in [4.69, 9.17) is 0 Å². The molecule has 0 bridgehead atoms. The maximum atomic E-state index is 11.1. The third-order valence-corrected chi connectivity index (χ3v) is 5.00. The van der Waals surface area contributed by atoms with E-state index in [1.54, 1.807) is 6.07 Å². The molecule has 1 aliphatic rings. The normalized spacial score (nSPS) is 26.4. The first-order chi connectivity index (χ1) is 9.49. The van der Waals surface area contributed by atoms with Gasteiger partial charge in [0.15, 0.2) is 0 Å². The van der Waals surface area contributed by atoms with Gasteiger partial charge in [-0.1, -0.05) is 42.6 Å². The van der Waals surface area contributed by atoms with Crippen molar-refractivity contribution in [2.45, 2.75) is 45.7 Å². The minimum Gasteiger partial charge on any atom is -0.309 e. The van der Waals surface area contributed by atoms with E-state index in [1.807, 2.05) is 12.1 Å². The molecule has 2 rings (SSSR count). The first-order valence-corrected chi connectivity index (χ1v) is 7.94. The summed E-state index contributed by atoms with van der Waals surface area (Å²) in [5, 5.41) is 14.6. The van der Waals surface area contributed by atoms with Crippen LogP contribution in [-0.4, -0.2) is 11.0 Å². The molecule has 0 aromatic heterocycles. The number of benzene rings is 1. The van der Waals surface area contributed by atoms with Crippen molar-refractivity contribution in [3.05, 3.63) is 38.3 Å². The lowest BCUT2D eigenvalue weighted by Crippen LogP contribution is -2.40. The van der Waals surface area contributed by atoms with Gasteiger partial charge in [0.1, 0.15) is 0 Å². The van der Waals surface area contributed by atoms with E-state index < -0.39 is 0 Å². The Morgan fingerprint density at radius 2 is 2.15 bits per heavy atom. The molecule has 1 N–H and O–H groups in total. The fourth-order valence-corrected chi connectivity index (χ4v) is 3.32. The summed E-state index contributed by atoms with van der Waals surface area (Å²) in [6.07, 6.45) is 3.69. The highest BCUT2D eigenvalue weighted by molar-refractivity contribution is 9.10. The lowest BCUT2D eigenvalue weighted by atomic mass is 9.78. The Bertz CT molecular complexity index is 493. The second kappa shape index (κ2) is 6.68. The molecule has 3 unspecified atom stereocenters. The van der Waals surface area contributed by atoms with Gasteiger partial charge in [0.2, 0.25) is 0 Å². The Balaban J connectivity index is 2.05. The van der Waals surface area contributed by atoms with Crippen LogP contribution in [0.3, 0.4) is 0 Å². The van der Waals surface area contributed by atoms with Gasteiger partial charge in [0.25, 0.3) is 5.69 Å². The SMILES string of the molecule is CC1CCCC(NCc2ccc(Br)cc2[N+](=O)[O-])C1C. The highest BCUT2D eigenvalue weighted by Crippen LogP contribution is 2.30. The number of hydrogen-bond donors (Lipinski definition) is 1. The molecule has 3 atom stereocenters. The predicted molar refractivity (Wildman–Crippen MR) is 83.6 cm³/mol. The van der Waals surface area contributed by atoms with Gasteiger partial charge < -0.3 is 5.32 Å². The van der Waals surface area contributed by atoms with E-state index in [0.29, 0.717) is 18.5 Å². The summed E-state index contributed by atoms with van der Waals surface area (Å²) < 4.78 is 0.743. The van der Waals surface area contributed by atoms with Crippen molar-refractivity contribution < 1.29 is 4.92 Å². The lowest BCUT2D eigenvalue weighted by molar-refractivity contribution is -0.385. The number of nitrogens with one attached hydrogen (secondary N) is 1. The number of nitrogens with zero attached hydrogens (tertiary/aromatic N) is 1. The van der Waals surface area contributed by atoms with Gasteiger partial charge in [-0.2, -0.15) is 0 Å². The molecule has 20 heavy (non-hydrogen) atoms. The zero-order chi connectivity index (χ0) is 14.7. The van der Waals surface area contributed by atoms with Crippen LogP contribution in [0.2, 0.25) is 0 Å². The maximum absolute atomic E-state index is 11.1. The van der Waals surface area contributed by atoms with Crippen LogP contribution in [0.1, 0.15) is 38.7 Å². The number of rotatable bonds is 4. The van der Waals surface area contributed by atoms with Gasteiger partial charge in [0.05, 0.1) is 4.92 Å². The van der Waals surface area contributed by atoms with Crippen LogP contribution in [0.25, 0.3) is 0 Å². The standard InChI is InChI=1S/C15H21BrN2O2/c1-10-4-3-5-14(11(10)2)17-9-12-6-7-13(16)8-15(12)18(19)20/h6-8,10-11,14,17H,3-5,9H2,1-2H3. The summed E-state index contributed by atoms with van der Waals surface area (Å²) in [4.78, 5) is 10.8. The Kier molecular flexibility index (Phi) is 5.16. The van der Waals surface area contributed by atoms with E-state index in [-0.39, 0.29) is 10.6 Å². The molecule has 0 radical (unpaired) electrons. The van der Waals surface area contributed by atoms with Crippen molar-refractivity contribution in [3.8, 4) is 0 Å². The summed E-state index contributed by atoms with van der Waals surface area (Å²) in [6, 6.07) is 5.72. The Hall–Kier alpha value is -0.940. The minimum atomic E-state index is -0.311. The minimum absolute atomic E-state index is 0.184. The molecule has 110 valence electrons. The number of nitro benzene ring substituents is 1. The molecule has 0 spiro atoms. The largest absolute Gasteiger partial charge is 0.309 e. The third-order valence-electron chi connectivity index (χ3n) is 4.51. The molecule has 1 aliphatic carbocycles. The fourth-order valence-electron chi connectivity index (χ4n) is 2.97. The van der Waals surface area contributed by atoms with Crippen molar-refractivity contribution in [2.75, 3.05) is 0 Å². The van der Waals surface area contributed by atoms with Crippen molar-refractivity contribution in [2.24, 2.45) is 11.8 Å². The number of hydrogen-bond acceptors (Lipinski definition) is 3. The summed E-state index contributed by atoms with van der Waals surface area (Å²) >= 11 is 3.28. The summed E-state index contributed by atoms with van der Waals surface area (Å²) in [6.45, 7) is 5.13. The van der Waals surface area contributed by atoms with Crippen LogP contribution in [0.4, 0.5) is 5.69 Å². The van der Waals surface area contributed by atoms with E-state index in [2.05, 4.69) is 35.1 Å². The molecule has 1 fully saturated rings. The summed E-state index contributed by atoms with van der Waals surface area (Å²) in [5.74, 6) is 1.35. The van der Waals surface area contributed by atoms with Gasteiger partial charge in [0, 0.05) is 28.7 Å². The topological polar surface area (TPSA) is 55.2 Å². The molecule has 1 aromatic carbocycles. The van der Waals surface area contributed by atoms with Crippen LogP contribution < -0.4 is 5.32 Å². The zero-order valence-corrected chi connectivity index (χ0v) is 13.5. The zero-order valence-electron chi connectivity index (χ0n) is 11.9. The third kappa shape index (κ3) is 3.58. The van der Waals surface area contributed by atoms with Gasteiger partial charge >= 0.3 is 0 Å². The summed E-state index contributed by atoms with van der Waals surface area (Å²) in [5.41, 5.74) is 0.937. The van der Waals surface area contributed by atoms with Crippen molar-refractivity contribution in [3.63, 3.8) is 0 Å². The van der Waals surface area contributed by atoms with E-state index in [9.17, 15) is 10.1 Å². The van der Waals surface area contributed by atoms with Crippen LogP contribution in [0.15, 0.2) is 22.7 Å². The Morgan fingerprint density at radius 3 is 2.85 bits per heavy atom. The van der Waals surface area contributed by atoms with Gasteiger partial charge in [-0.25, -0.2) is 0 Å². The van der Waals surface area contributed by atoms with Crippen molar-refractivity contribution in [1.29, 1.82) is 0 Å². The molecule has 5 heteroatoms. The fraction of sp³-hybridized carbons (Fsp3) is 0.600. The monoisotopic (exact) mass is 340 g/mol. The quantitative estimate of drug-likeness (QED) is 0.657.